The van der Waals surface area contributed by atoms with E-state index in [0.717, 1.165) is 6.42 Å². The van der Waals surface area contributed by atoms with E-state index < -0.39 is 0 Å². The van der Waals surface area contributed by atoms with Crippen LogP contribution in [0, 0.1) is 22.7 Å². The maximum atomic E-state index is 11.9. The molecule has 4 atom stereocenters. The second-order valence-corrected chi connectivity index (χ2v) is 6.33. The van der Waals surface area contributed by atoms with Gasteiger partial charge in [0.2, 0.25) is 0 Å². The van der Waals surface area contributed by atoms with Crippen LogP contribution in [-0.4, -0.2) is 11.6 Å². The number of esters is 1. The smallest absolute Gasteiger partial charge is 0.312 e. The summed E-state index contributed by atoms with van der Waals surface area (Å²) in [5.74, 6) is 1.19. The van der Waals surface area contributed by atoms with E-state index in [1.807, 2.05) is 0 Å². The molecule has 2 saturated carbocycles. The van der Waals surface area contributed by atoms with E-state index in [1.165, 1.54) is 6.42 Å². The Bertz CT molecular complexity index is 333. The molecule has 2 heteroatoms. The van der Waals surface area contributed by atoms with Crippen LogP contribution in [-0.2, 0) is 9.53 Å². The van der Waals surface area contributed by atoms with E-state index in [9.17, 15) is 4.79 Å². The number of hydrogen-bond donors (Lipinski definition) is 0. The normalized spacial score (nSPS) is 57.9. The van der Waals surface area contributed by atoms with Crippen molar-refractivity contribution in [3.05, 3.63) is 0 Å². The van der Waals surface area contributed by atoms with E-state index in [4.69, 9.17) is 4.74 Å². The summed E-state index contributed by atoms with van der Waals surface area (Å²) in [5.41, 5.74) is -0.181. The third-order valence-electron chi connectivity index (χ3n) is 5.70. The van der Waals surface area contributed by atoms with Gasteiger partial charge in [-0.3, -0.25) is 4.79 Å². The highest BCUT2D eigenvalue weighted by atomic mass is 16.6. The van der Waals surface area contributed by atoms with E-state index in [2.05, 4.69) is 27.7 Å². The fourth-order valence-corrected chi connectivity index (χ4v) is 4.26. The Labute approximate surface area is 85.0 Å². The summed E-state index contributed by atoms with van der Waals surface area (Å²) >= 11 is 0. The Hall–Kier alpha value is -0.530. The van der Waals surface area contributed by atoms with Crippen LogP contribution in [0.15, 0.2) is 0 Å². The van der Waals surface area contributed by atoms with Crippen molar-refractivity contribution in [2.75, 3.05) is 0 Å². The van der Waals surface area contributed by atoms with Gasteiger partial charge in [0.1, 0.15) is 5.60 Å². The topological polar surface area (TPSA) is 26.3 Å². The number of rotatable bonds is 0. The highest BCUT2D eigenvalue weighted by Gasteiger charge is 2.76. The minimum Gasteiger partial charge on any atom is -0.458 e. The second-order valence-electron chi connectivity index (χ2n) is 6.33. The fourth-order valence-electron chi connectivity index (χ4n) is 4.26. The summed E-state index contributed by atoms with van der Waals surface area (Å²) < 4.78 is 5.71. The lowest BCUT2D eigenvalue weighted by Gasteiger charge is -2.43. The zero-order valence-electron chi connectivity index (χ0n) is 9.39. The summed E-state index contributed by atoms with van der Waals surface area (Å²) in [4.78, 5) is 11.9. The van der Waals surface area contributed by atoms with Crippen molar-refractivity contribution in [1.29, 1.82) is 0 Å². The van der Waals surface area contributed by atoms with Gasteiger partial charge in [-0.25, -0.2) is 0 Å². The van der Waals surface area contributed by atoms with Crippen molar-refractivity contribution in [2.45, 2.75) is 46.1 Å². The van der Waals surface area contributed by atoms with Gasteiger partial charge in [0.25, 0.3) is 0 Å². The minimum atomic E-state index is -0.193. The standard InChI is InChI=1S/C12H18O2/c1-10(2)7-5-8-11(3,6-7)9(13)14-12(8,10)4/h7-8H,5-6H2,1-4H3. The third-order valence-corrected chi connectivity index (χ3v) is 5.70. The molecule has 0 aromatic rings. The van der Waals surface area contributed by atoms with Crippen LogP contribution in [0.3, 0.4) is 0 Å². The van der Waals surface area contributed by atoms with Gasteiger partial charge in [-0.15, -0.1) is 0 Å². The second kappa shape index (κ2) is 1.89. The summed E-state index contributed by atoms with van der Waals surface area (Å²) in [6.07, 6.45) is 2.23. The maximum Gasteiger partial charge on any atom is 0.312 e. The van der Waals surface area contributed by atoms with Crippen LogP contribution in [0.4, 0.5) is 0 Å². The van der Waals surface area contributed by atoms with Gasteiger partial charge < -0.3 is 4.74 Å². The van der Waals surface area contributed by atoms with E-state index >= 15 is 0 Å². The molecular formula is C12H18O2. The molecule has 0 aromatic heterocycles. The van der Waals surface area contributed by atoms with Crippen LogP contribution in [0.25, 0.3) is 0 Å². The van der Waals surface area contributed by atoms with E-state index in [0.29, 0.717) is 11.8 Å². The summed E-state index contributed by atoms with van der Waals surface area (Å²) in [6, 6.07) is 0. The number of carbonyl (C=O) groups is 1. The maximum absolute atomic E-state index is 11.9. The zero-order chi connectivity index (χ0) is 10.4. The molecule has 3 fully saturated rings. The molecule has 14 heavy (non-hydrogen) atoms. The first kappa shape index (κ1) is 8.75. The summed E-state index contributed by atoms with van der Waals surface area (Å²) in [6.45, 7) is 8.76. The number of ether oxygens (including phenoxy) is 1. The Balaban J connectivity index is 2.19. The van der Waals surface area contributed by atoms with Crippen molar-refractivity contribution in [2.24, 2.45) is 22.7 Å². The fraction of sp³-hybridized carbons (Fsp3) is 0.917. The Morgan fingerprint density at radius 3 is 2.43 bits per heavy atom. The lowest BCUT2D eigenvalue weighted by atomic mass is 9.60. The number of carbonyl (C=O) groups excluding carboxylic acids is 1. The van der Waals surface area contributed by atoms with Crippen LogP contribution in [0.2, 0.25) is 0 Å². The molecule has 0 N–H and O–H groups in total. The quantitative estimate of drug-likeness (QED) is 0.553. The predicted octanol–water partition coefficient (Wildman–Crippen LogP) is 2.37. The van der Waals surface area contributed by atoms with E-state index in [-0.39, 0.29) is 22.4 Å². The molecule has 1 heterocycles. The Kier molecular flexibility index (Phi) is 1.18. The van der Waals surface area contributed by atoms with Gasteiger partial charge >= 0.3 is 5.97 Å². The molecule has 1 saturated heterocycles. The largest absolute Gasteiger partial charge is 0.458 e. The Morgan fingerprint density at radius 2 is 1.93 bits per heavy atom. The van der Waals surface area contributed by atoms with Crippen molar-refractivity contribution in [3.8, 4) is 0 Å². The van der Waals surface area contributed by atoms with Gasteiger partial charge in [-0.1, -0.05) is 13.8 Å². The molecule has 2 nitrogen and oxygen atoms in total. The third kappa shape index (κ3) is 0.582. The molecular weight excluding hydrogens is 176 g/mol. The molecule has 4 unspecified atom stereocenters. The van der Waals surface area contributed by atoms with Crippen molar-refractivity contribution in [1.82, 2.24) is 0 Å². The van der Waals surface area contributed by atoms with E-state index in [1.54, 1.807) is 0 Å². The molecule has 1 aliphatic heterocycles. The summed E-state index contributed by atoms with van der Waals surface area (Å²) in [5, 5.41) is 0. The van der Waals surface area contributed by atoms with Gasteiger partial charge in [-0.2, -0.15) is 0 Å². The Morgan fingerprint density at radius 1 is 1.29 bits per heavy atom. The van der Waals surface area contributed by atoms with Crippen LogP contribution in [0.1, 0.15) is 40.5 Å². The average molecular weight is 194 g/mol. The van der Waals surface area contributed by atoms with Crippen LogP contribution >= 0.6 is 0 Å². The van der Waals surface area contributed by atoms with Crippen LogP contribution in [0.5, 0.6) is 0 Å². The first-order chi connectivity index (χ1) is 6.32. The predicted molar refractivity (Wildman–Crippen MR) is 52.6 cm³/mol. The SMILES string of the molecule is CC12CC3CC1C(C)(OC2=O)C3(C)C. The average Bonchev–Trinajstić information content (AvgIpc) is 2.55. The first-order valence-electron chi connectivity index (χ1n) is 5.56. The lowest BCUT2D eigenvalue weighted by Crippen LogP contribution is -2.47. The van der Waals surface area contributed by atoms with Gasteiger partial charge in [0.05, 0.1) is 5.41 Å². The minimum absolute atomic E-state index is 0.0538. The molecule has 0 spiro atoms. The molecule has 0 aromatic carbocycles. The van der Waals surface area contributed by atoms with Crippen LogP contribution < -0.4 is 0 Å². The van der Waals surface area contributed by atoms with Gasteiger partial charge in [0.15, 0.2) is 0 Å². The summed E-state index contributed by atoms with van der Waals surface area (Å²) in [7, 11) is 0. The highest BCUT2D eigenvalue weighted by molar-refractivity contribution is 5.81. The first-order valence-corrected chi connectivity index (χ1v) is 5.56. The molecule has 78 valence electrons. The van der Waals surface area contributed by atoms with Gasteiger partial charge in [-0.05, 0) is 32.6 Å². The molecule has 3 rings (SSSR count). The molecule has 0 amide bonds. The van der Waals surface area contributed by atoms with Crippen molar-refractivity contribution in [3.63, 3.8) is 0 Å². The lowest BCUT2D eigenvalue weighted by molar-refractivity contribution is -0.157. The zero-order valence-corrected chi connectivity index (χ0v) is 9.39. The van der Waals surface area contributed by atoms with Gasteiger partial charge in [0, 0.05) is 11.3 Å². The monoisotopic (exact) mass is 194 g/mol. The molecule has 2 bridgehead atoms. The van der Waals surface area contributed by atoms with Crippen molar-refractivity contribution < 1.29 is 9.53 Å². The number of fused-ring (bicyclic) bond motifs is 1. The molecule has 0 radical (unpaired) electrons. The highest BCUT2D eigenvalue weighted by Crippen LogP contribution is 2.72. The molecule has 3 aliphatic rings. The number of hydrogen-bond acceptors (Lipinski definition) is 2. The van der Waals surface area contributed by atoms with Crippen molar-refractivity contribution >= 4 is 5.97 Å². The molecule has 2 aliphatic carbocycles.